The van der Waals surface area contributed by atoms with Crippen LogP contribution in [-0.2, 0) is 11.5 Å². The van der Waals surface area contributed by atoms with Gasteiger partial charge in [0.05, 0.1) is 5.75 Å². The molecule has 0 saturated carbocycles. The highest BCUT2D eigenvalue weighted by atomic mass is 32.2. The standard InChI is InChI=1S/C13H15N3O2S/c1-9-3-2-4-10(5-9)7-19-8-11-6-12(16-18-11)13(17)15-14/h2-6H,7-8,14H2,1H3,(H,15,17). The predicted molar refractivity (Wildman–Crippen MR) is 74.3 cm³/mol. The number of amides is 1. The summed E-state index contributed by atoms with van der Waals surface area (Å²) in [5.41, 5.74) is 4.73. The van der Waals surface area contributed by atoms with Crippen molar-refractivity contribution in [1.82, 2.24) is 10.6 Å². The Morgan fingerprint density at radius 3 is 3.00 bits per heavy atom. The zero-order chi connectivity index (χ0) is 13.7. The van der Waals surface area contributed by atoms with Crippen LogP contribution in [0.4, 0.5) is 0 Å². The molecule has 6 heteroatoms. The Morgan fingerprint density at radius 2 is 2.26 bits per heavy atom. The molecule has 100 valence electrons. The quantitative estimate of drug-likeness (QED) is 0.496. The number of benzene rings is 1. The monoisotopic (exact) mass is 277 g/mol. The number of hydrazine groups is 1. The van der Waals surface area contributed by atoms with Gasteiger partial charge in [-0.15, -0.1) is 11.8 Å². The Kier molecular flexibility index (Phi) is 4.59. The molecule has 5 nitrogen and oxygen atoms in total. The molecule has 0 bridgehead atoms. The zero-order valence-corrected chi connectivity index (χ0v) is 11.4. The molecule has 2 aromatic rings. The molecule has 1 aromatic carbocycles. The molecular weight excluding hydrogens is 262 g/mol. The average molecular weight is 277 g/mol. The van der Waals surface area contributed by atoms with Gasteiger partial charge in [-0.3, -0.25) is 10.2 Å². The third kappa shape index (κ3) is 3.84. The van der Waals surface area contributed by atoms with Crippen LogP contribution < -0.4 is 11.3 Å². The van der Waals surface area contributed by atoms with E-state index >= 15 is 0 Å². The molecule has 0 saturated heterocycles. The van der Waals surface area contributed by atoms with E-state index in [0.29, 0.717) is 11.5 Å². The molecular formula is C13H15N3O2S. The molecule has 0 atom stereocenters. The minimum Gasteiger partial charge on any atom is -0.360 e. The van der Waals surface area contributed by atoms with Crippen LogP contribution in [-0.4, -0.2) is 11.1 Å². The summed E-state index contributed by atoms with van der Waals surface area (Å²) in [5, 5.41) is 3.65. The van der Waals surface area contributed by atoms with Gasteiger partial charge >= 0.3 is 0 Å². The van der Waals surface area contributed by atoms with Crippen molar-refractivity contribution in [2.24, 2.45) is 5.84 Å². The number of nitrogens with two attached hydrogens (primary N) is 1. The van der Waals surface area contributed by atoms with Gasteiger partial charge in [0.1, 0.15) is 5.76 Å². The van der Waals surface area contributed by atoms with Crippen LogP contribution >= 0.6 is 11.8 Å². The van der Waals surface area contributed by atoms with Crippen molar-refractivity contribution in [1.29, 1.82) is 0 Å². The van der Waals surface area contributed by atoms with E-state index in [1.165, 1.54) is 11.1 Å². The molecule has 3 N–H and O–H groups in total. The first-order chi connectivity index (χ1) is 9.19. The lowest BCUT2D eigenvalue weighted by molar-refractivity contribution is 0.0944. The fourth-order valence-corrected chi connectivity index (χ4v) is 2.49. The smallest absolute Gasteiger partial charge is 0.287 e. The number of carbonyl (C=O) groups excluding carboxylic acids is 1. The maximum absolute atomic E-state index is 11.2. The van der Waals surface area contributed by atoms with Gasteiger partial charge in [0.25, 0.3) is 5.91 Å². The third-order valence-electron chi connectivity index (χ3n) is 2.52. The van der Waals surface area contributed by atoms with Crippen LogP contribution in [0.3, 0.4) is 0 Å². The Labute approximate surface area is 115 Å². The highest BCUT2D eigenvalue weighted by Gasteiger charge is 2.10. The highest BCUT2D eigenvalue weighted by Crippen LogP contribution is 2.19. The van der Waals surface area contributed by atoms with E-state index in [-0.39, 0.29) is 5.69 Å². The highest BCUT2D eigenvalue weighted by molar-refractivity contribution is 7.97. The third-order valence-corrected chi connectivity index (χ3v) is 3.54. The number of nitrogens with one attached hydrogen (secondary N) is 1. The lowest BCUT2D eigenvalue weighted by Gasteiger charge is -2.01. The molecule has 0 aliphatic heterocycles. The van der Waals surface area contributed by atoms with E-state index in [0.717, 1.165) is 5.75 Å². The Bertz CT molecular complexity index is 569. The van der Waals surface area contributed by atoms with Crippen LogP contribution in [0.15, 0.2) is 34.9 Å². The number of carbonyl (C=O) groups is 1. The summed E-state index contributed by atoms with van der Waals surface area (Å²) in [6.07, 6.45) is 0. The van der Waals surface area contributed by atoms with E-state index in [2.05, 4.69) is 30.3 Å². The molecule has 1 aromatic heterocycles. The number of thioether (sulfide) groups is 1. The summed E-state index contributed by atoms with van der Waals surface area (Å²) >= 11 is 1.70. The SMILES string of the molecule is Cc1cccc(CSCc2cc(C(=O)NN)no2)c1. The van der Waals surface area contributed by atoms with Crippen molar-refractivity contribution < 1.29 is 9.32 Å². The Hall–Kier alpha value is -1.79. The molecule has 0 fully saturated rings. The van der Waals surface area contributed by atoms with Crippen LogP contribution in [0.1, 0.15) is 27.4 Å². The van der Waals surface area contributed by atoms with E-state index in [4.69, 9.17) is 10.4 Å². The summed E-state index contributed by atoms with van der Waals surface area (Å²) in [7, 11) is 0. The zero-order valence-electron chi connectivity index (χ0n) is 10.6. The topological polar surface area (TPSA) is 81.2 Å². The van der Waals surface area contributed by atoms with Crippen molar-refractivity contribution in [3.05, 3.63) is 52.9 Å². The summed E-state index contributed by atoms with van der Waals surface area (Å²) < 4.78 is 5.06. The van der Waals surface area contributed by atoms with Gasteiger partial charge in [0.15, 0.2) is 5.69 Å². The number of hydrogen-bond acceptors (Lipinski definition) is 5. The maximum Gasteiger partial charge on any atom is 0.287 e. The minimum absolute atomic E-state index is 0.202. The van der Waals surface area contributed by atoms with Crippen molar-refractivity contribution in [2.45, 2.75) is 18.4 Å². The minimum atomic E-state index is -0.446. The van der Waals surface area contributed by atoms with Gasteiger partial charge in [-0.05, 0) is 12.5 Å². The molecule has 2 rings (SSSR count). The molecule has 0 unspecified atom stereocenters. The van der Waals surface area contributed by atoms with Crippen molar-refractivity contribution in [3.63, 3.8) is 0 Å². The van der Waals surface area contributed by atoms with Crippen molar-refractivity contribution in [2.75, 3.05) is 0 Å². The lowest BCUT2D eigenvalue weighted by Crippen LogP contribution is -2.30. The van der Waals surface area contributed by atoms with Crippen molar-refractivity contribution in [3.8, 4) is 0 Å². The summed E-state index contributed by atoms with van der Waals surface area (Å²) in [6.45, 7) is 2.07. The Morgan fingerprint density at radius 1 is 1.42 bits per heavy atom. The largest absolute Gasteiger partial charge is 0.360 e. The second-order valence-electron chi connectivity index (χ2n) is 4.13. The number of aromatic nitrogens is 1. The fraction of sp³-hybridized carbons (Fsp3) is 0.231. The number of hydrogen-bond donors (Lipinski definition) is 2. The molecule has 0 spiro atoms. The number of aryl methyl sites for hydroxylation is 1. The van der Waals surface area contributed by atoms with Gasteiger partial charge in [-0.2, -0.15) is 0 Å². The van der Waals surface area contributed by atoms with Gasteiger partial charge < -0.3 is 4.52 Å². The number of nitrogen functional groups attached to an aromatic ring is 1. The first-order valence-corrected chi connectivity index (χ1v) is 6.94. The Balaban J connectivity index is 1.86. The lowest BCUT2D eigenvalue weighted by atomic mass is 10.2. The van der Waals surface area contributed by atoms with E-state index in [1.54, 1.807) is 17.8 Å². The van der Waals surface area contributed by atoms with Gasteiger partial charge in [0.2, 0.25) is 0 Å². The molecule has 1 heterocycles. The fourth-order valence-electron chi connectivity index (χ4n) is 1.63. The van der Waals surface area contributed by atoms with Crippen LogP contribution in [0.25, 0.3) is 0 Å². The van der Waals surface area contributed by atoms with E-state index in [9.17, 15) is 4.79 Å². The van der Waals surface area contributed by atoms with Gasteiger partial charge in [-0.25, -0.2) is 5.84 Å². The number of nitrogens with zero attached hydrogens (tertiary/aromatic N) is 1. The summed E-state index contributed by atoms with van der Waals surface area (Å²) in [6, 6.07) is 9.96. The molecule has 0 radical (unpaired) electrons. The first-order valence-electron chi connectivity index (χ1n) is 5.79. The van der Waals surface area contributed by atoms with E-state index < -0.39 is 5.91 Å². The second kappa shape index (κ2) is 6.40. The molecule has 0 aliphatic carbocycles. The van der Waals surface area contributed by atoms with Crippen LogP contribution in [0.2, 0.25) is 0 Å². The summed E-state index contributed by atoms with van der Waals surface area (Å²) in [4.78, 5) is 11.2. The normalized spacial score (nSPS) is 10.4. The van der Waals surface area contributed by atoms with Gasteiger partial charge in [0, 0.05) is 11.8 Å². The number of rotatable bonds is 5. The molecule has 0 aliphatic rings. The van der Waals surface area contributed by atoms with Gasteiger partial charge in [-0.1, -0.05) is 35.0 Å². The first kappa shape index (κ1) is 13.6. The second-order valence-corrected chi connectivity index (χ2v) is 5.12. The van der Waals surface area contributed by atoms with Crippen LogP contribution in [0, 0.1) is 6.92 Å². The molecule has 19 heavy (non-hydrogen) atoms. The van der Waals surface area contributed by atoms with E-state index in [1.807, 2.05) is 11.5 Å². The average Bonchev–Trinajstić information content (AvgIpc) is 2.87. The molecule has 1 amide bonds. The summed E-state index contributed by atoms with van der Waals surface area (Å²) in [5.74, 6) is 6.79. The predicted octanol–water partition coefficient (Wildman–Crippen LogP) is 2.02. The maximum atomic E-state index is 11.2. The van der Waals surface area contributed by atoms with Crippen molar-refractivity contribution >= 4 is 17.7 Å². The van der Waals surface area contributed by atoms with Crippen LogP contribution in [0.5, 0.6) is 0 Å².